The molecule has 0 fully saturated rings. The molecule has 90 valence electrons. The Balaban J connectivity index is 2.79. The summed E-state index contributed by atoms with van der Waals surface area (Å²) in [6.07, 6.45) is 0. The first-order chi connectivity index (χ1) is 7.93. The van der Waals surface area contributed by atoms with Crippen LogP contribution in [0.5, 0.6) is 0 Å². The summed E-state index contributed by atoms with van der Waals surface area (Å²) in [6.45, 7) is 3.09. The SMILES string of the molecule is CC(C)S(=O)(=O)c1nc2ccccc2c(=O)[nH]1. The average Bonchev–Trinajstić information content (AvgIpc) is 2.28. The van der Waals surface area contributed by atoms with Gasteiger partial charge in [0.15, 0.2) is 0 Å². The molecule has 1 aromatic carbocycles. The smallest absolute Gasteiger partial charge is 0.259 e. The second kappa shape index (κ2) is 3.96. The third kappa shape index (κ3) is 1.95. The molecule has 6 heteroatoms. The van der Waals surface area contributed by atoms with E-state index in [-0.39, 0.29) is 5.16 Å². The Morgan fingerprint density at radius 1 is 1.24 bits per heavy atom. The second-order valence-electron chi connectivity index (χ2n) is 3.98. The molecule has 1 N–H and O–H groups in total. The van der Waals surface area contributed by atoms with Gasteiger partial charge in [0, 0.05) is 0 Å². The Hall–Kier alpha value is -1.69. The minimum Gasteiger partial charge on any atom is -0.297 e. The van der Waals surface area contributed by atoms with Crippen LogP contribution >= 0.6 is 0 Å². The first-order valence-electron chi connectivity index (χ1n) is 5.16. The number of hydrogen-bond donors (Lipinski definition) is 1. The van der Waals surface area contributed by atoms with E-state index in [0.29, 0.717) is 10.9 Å². The number of aromatic amines is 1. The Bertz CT molecular complexity index is 717. The van der Waals surface area contributed by atoms with Crippen molar-refractivity contribution in [3.05, 3.63) is 34.6 Å². The minimum absolute atomic E-state index is 0.267. The van der Waals surface area contributed by atoms with Crippen LogP contribution in [0.15, 0.2) is 34.2 Å². The molecule has 1 aromatic heterocycles. The number of nitrogens with zero attached hydrogens (tertiary/aromatic N) is 1. The van der Waals surface area contributed by atoms with Crippen LogP contribution in [0.1, 0.15) is 13.8 Å². The van der Waals surface area contributed by atoms with Crippen molar-refractivity contribution in [3.63, 3.8) is 0 Å². The van der Waals surface area contributed by atoms with Crippen molar-refractivity contribution in [2.24, 2.45) is 0 Å². The molecule has 17 heavy (non-hydrogen) atoms. The van der Waals surface area contributed by atoms with Crippen molar-refractivity contribution in [3.8, 4) is 0 Å². The van der Waals surface area contributed by atoms with Gasteiger partial charge in [0.25, 0.3) is 5.56 Å². The van der Waals surface area contributed by atoms with Crippen molar-refractivity contribution in [2.75, 3.05) is 0 Å². The number of rotatable bonds is 2. The number of nitrogens with one attached hydrogen (secondary N) is 1. The monoisotopic (exact) mass is 252 g/mol. The zero-order valence-corrected chi connectivity index (χ0v) is 10.3. The summed E-state index contributed by atoms with van der Waals surface area (Å²) >= 11 is 0. The van der Waals surface area contributed by atoms with Crippen LogP contribution in [-0.4, -0.2) is 23.6 Å². The van der Waals surface area contributed by atoms with Gasteiger partial charge < -0.3 is 0 Å². The predicted octanol–water partition coefficient (Wildman–Crippen LogP) is 1.11. The number of H-pyrrole nitrogens is 1. The third-order valence-corrected chi connectivity index (χ3v) is 4.45. The molecule has 0 aliphatic heterocycles. The topological polar surface area (TPSA) is 79.9 Å². The molecule has 1 heterocycles. The van der Waals surface area contributed by atoms with Gasteiger partial charge >= 0.3 is 0 Å². The normalized spacial score (nSPS) is 12.2. The first-order valence-corrected chi connectivity index (χ1v) is 6.70. The molecule has 0 saturated heterocycles. The standard InChI is InChI=1S/C11H12N2O3S/c1-7(2)17(15,16)11-12-9-6-4-3-5-8(9)10(14)13-11/h3-7H,1-2H3,(H,12,13,14). The summed E-state index contributed by atoms with van der Waals surface area (Å²) in [7, 11) is -3.56. The van der Waals surface area contributed by atoms with Gasteiger partial charge in [-0.2, -0.15) is 0 Å². The van der Waals surface area contributed by atoms with E-state index < -0.39 is 20.6 Å². The molecule has 0 amide bonds. The minimum atomic E-state index is -3.56. The fourth-order valence-corrected chi connectivity index (χ4v) is 2.33. The summed E-state index contributed by atoms with van der Waals surface area (Å²) in [5.41, 5.74) is -0.0506. The molecule has 0 bridgehead atoms. The van der Waals surface area contributed by atoms with Crippen molar-refractivity contribution in [1.29, 1.82) is 0 Å². The molecular formula is C11H12N2O3S. The van der Waals surface area contributed by atoms with Crippen molar-refractivity contribution < 1.29 is 8.42 Å². The zero-order chi connectivity index (χ0) is 12.6. The largest absolute Gasteiger partial charge is 0.297 e. The number of para-hydroxylation sites is 1. The maximum atomic E-state index is 11.9. The van der Waals surface area contributed by atoms with Crippen LogP contribution in [-0.2, 0) is 9.84 Å². The molecule has 0 radical (unpaired) electrons. The zero-order valence-electron chi connectivity index (χ0n) is 9.47. The molecule has 2 rings (SSSR count). The van der Waals surface area contributed by atoms with Crippen LogP contribution in [0, 0.1) is 0 Å². The highest BCUT2D eigenvalue weighted by Gasteiger charge is 2.22. The van der Waals surface area contributed by atoms with Gasteiger partial charge in [-0.3, -0.25) is 9.78 Å². The molecule has 0 unspecified atom stereocenters. The molecule has 0 saturated carbocycles. The van der Waals surface area contributed by atoms with Gasteiger partial charge in [-0.1, -0.05) is 12.1 Å². The first kappa shape index (κ1) is 11.8. The van der Waals surface area contributed by atoms with E-state index in [9.17, 15) is 13.2 Å². The Labute approximate surface area is 98.4 Å². The van der Waals surface area contributed by atoms with E-state index in [1.165, 1.54) is 0 Å². The third-order valence-electron chi connectivity index (χ3n) is 2.48. The second-order valence-corrected chi connectivity index (χ2v) is 6.40. The predicted molar refractivity (Wildman–Crippen MR) is 64.7 cm³/mol. The molecule has 0 aliphatic rings. The molecule has 0 aliphatic carbocycles. The van der Waals surface area contributed by atoms with Gasteiger partial charge in [0.05, 0.1) is 16.2 Å². The molecule has 5 nitrogen and oxygen atoms in total. The lowest BCUT2D eigenvalue weighted by atomic mass is 10.2. The van der Waals surface area contributed by atoms with Crippen molar-refractivity contribution in [2.45, 2.75) is 24.3 Å². The Morgan fingerprint density at radius 2 is 1.88 bits per heavy atom. The number of fused-ring (bicyclic) bond motifs is 1. The quantitative estimate of drug-likeness (QED) is 0.812. The average molecular weight is 252 g/mol. The van der Waals surface area contributed by atoms with Gasteiger partial charge in [-0.15, -0.1) is 0 Å². The summed E-state index contributed by atoms with van der Waals surface area (Å²) < 4.78 is 23.8. The van der Waals surface area contributed by atoms with Crippen LogP contribution in [0.25, 0.3) is 10.9 Å². The highest BCUT2D eigenvalue weighted by Crippen LogP contribution is 2.13. The molecular weight excluding hydrogens is 240 g/mol. The van der Waals surface area contributed by atoms with E-state index in [4.69, 9.17) is 0 Å². The summed E-state index contributed by atoms with van der Waals surface area (Å²) in [5.74, 6) is 0. The molecule has 2 aromatic rings. The number of aromatic nitrogens is 2. The number of sulfone groups is 1. The summed E-state index contributed by atoms with van der Waals surface area (Å²) in [5, 5.41) is -0.502. The van der Waals surface area contributed by atoms with Gasteiger partial charge in [-0.05, 0) is 26.0 Å². The van der Waals surface area contributed by atoms with Crippen molar-refractivity contribution in [1.82, 2.24) is 9.97 Å². The molecule has 0 atom stereocenters. The van der Waals surface area contributed by atoms with E-state index in [1.807, 2.05) is 0 Å². The van der Waals surface area contributed by atoms with E-state index >= 15 is 0 Å². The lowest BCUT2D eigenvalue weighted by molar-refractivity contribution is 0.578. The Kier molecular flexibility index (Phi) is 2.74. The van der Waals surface area contributed by atoms with E-state index in [2.05, 4.69) is 9.97 Å². The van der Waals surface area contributed by atoms with Gasteiger partial charge in [-0.25, -0.2) is 13.4 Å². The van der Waals surface area contributed by atoms with E-state index in [1.54, 1.807) is 38.1 Å². The maximum absolute atomic E-state index is 11.9. The highest BCUT2D eigenvalue weighted by atomic mass is 32.2. The summed E-state index contributed by atoms with van der Waals surface area (Å²) in [4.78, 5) is 18.0. The van der Waals surface area contributed by atoms with Gasteiger partial charge in [0.1, 0.15) is 0 Å². The lowest BCUT2D eigenvalue weighted by Gasteiger charge is -2.07. The van der Waals surface area contributed by atoms with Crippen molar-refractivity contribution >= 4 is 20.7 Å². The van der Waals surface area contributed by atoms with Crippen LogP contribution in [0.2, 0.25) is 0 Å². The highest BCUT2D eigenvalue weighted by molar-refractivity contribution is 7.91. The van der Waals surface area contributed by atoms with Crippen LogP contribution in [0.4, 0.5) is 0 Å². The fraction of sp³-hybridized carbons (Fsp3) is 0.273. The Morgan fingerprint density at radius 3 is 2.53 bits per heavy atom. The fourth-order valence-electron chi connectivity index (χ4n) is 1.42. The summed E-state index contributed by atoms with van der Waals surface area (Å²) in [6, 6.07) is 6.63. The van der Waals surface area contributed by atoms with Crippen LogP contribution < -0.4 is 5.56 Å². The maximum Gasteiger partial charge on any atom is 0.259 e. The number of benzene rings is 1. The van der Waals surface area contributed by atoms with Gasteiger partial charge in [0.2, 0.25) is 15.0 Å². The van der Waals surface area contributed by atoms with Crippen LogP contribution in [0.3, 0.4) is 0 Å². The number of hydrogen-bond acceptors (Lipinski definition) is 4. The van der Waals surface area contributed by atoms with E-state index in [0.717, 1.165) is 0 Å². The lowest BCUT2D eigenvalue weighted by Crippen LogP contribution is -2.21. The molecule has 0 spiro atoms.